The molecule has 0 aromatic heterocycles. The minimum Gasteiger partial charge on any atom is -0.384 e. The predicted octanol–water partition coefficient (Wildman–Crippen LogP) is 3.43. The summed E-state index contributed by atoms with van der Waals surface area (Å²) in [5, 5.41) is 4.28. The highest BCUT2D eigenvalue weighted by atomic mass is 35.5. The molecule has 0 amide bonds. The van der Waals surface area contributed by atoms with Gasteiger partial charge in [-0.3, -0.25) is 0 Å². The summed E-state index contributed by atoms with van der Waals surface area (Å²) >= 11 is 11.7. The Morgan fingerprint density at radius 2 is 2.09 bits per heavy atom. The van der Waals surface area contributed by atoms with Crippen molar-refractivity contribution < 1.29 is 0 Å². The number of nitrogens with one attached hydrogen (secondary N) is 1. The van der Waals surface area contributed by atoms with Gasteiger partial charge in [0.2, 0.25) is 0 Å². The first-order valence-corrected chi connectivity index (χ1v) is 4.19. The van der Waals surface area contributed by atoms with Crippen LogP contribution in [0.4, 0.5) is 5.69 Å². The van der Waals surface area contributed by atoms with Crippen LogP contribution in [0.3, 0.4) is 0 Å². The van der Waals surface area contributed by atoms with Gasteiger partial charge in [0.25, 0.3) is 0 Å². The summed E-state index contributed by atoms with van der Waals surface area (Å²) < 4.78 is 0. The second-order valence-electron chi connectivity index (χ2n) is 2.13. The van der Waals surface area contributed by atoms with E-state index in [1.165, 1.54) is 0 Å². The molecule has 60 valence electrons. The van der Waals surface area contributed by atoms with Gasteiger partial charge in [-0.15, -0.1) is 0 Å². The molecule has 0 unspecified atom stereocenters. The van der Waals surface area contributed by atoms with E-state index in [9.17, 15) is 0 Å². The number of hydrogen-bond donors (Lipinski definition) is 1. The Hall–Kier alpha value is -0.400. The van der Waals surface area contributed by atoms with Crippen molar-refractivity contribution in [2.75, 3.05) is 11.9 Å². The molecule has 0 saturated heterocycles. The van der Waals surface area contributed by atoms with Gasteiger partial charge in [0.05, 0.1) is 15.7 Å². The Balaban J connectivity index is 2.96. The second-order valence-corrected chi connectivity index (χ2v) is 2.92. The molecule has 0 spiro atoms. The Morgan fingerprint density at radius 3 is 2.73 bits per heavy atom. The first-order valence-electron chi connectivity index (χ1n) is 3.43. The molecule has 0 aliphatic rings. The van der Waals surface area contributed by atoms with Crippen LogP contribution in [0.15, 0.2) is 18.2 Å². The van der Waals surface area contributed by atoms with Crippen molar-refractivity contribution >= 4 is 28.9 Å². The molecule has 0 fully saturated rings. The van der Waals surface area contributed by atoms with E-state index in [2.05, 4.69) is 5.32 Å². The van der Waals surface area contributed by atoms with Gasteiger partial charge in [0.15, 0.2) is 0 Å². The summed E-state index contributed by atoms with van der Waals surface area (Å²) in [6.07, 6.45) is 0. The zero-order chi connectivity index (χ0) is 8.27. The second kappa shape index (κ2) is 3.84. The molecule has 1 N–H and O–H groups in total. The van der Waals surface area contributed by atoms with Crippen LogP contribution in [0.1, 0.15) is 6.92 Å². The molecule has 1 rings (SSSR count). The van der Waals surface area contributed by atoms with Crippen LogP contribution in [-0.4, -0.2) is 6.54 Å². The van der Waals surface area contributed by atoms with Crippen molar-refractivity contribution in [2.45, 2.75) is 6.92 Å². The van der Waals surface area contributed by atoms with Gasteiger partial charge >= 0.3 is 0 Å². The Morgan fingerprint density at radius 1 is 1.36 bits per heavy atom. The molecule has 0 heterocycles. The smallest absolute Gasteiger partial charge is 0.0823 e. The molecule has 0 aliphatic carbocycles. The summed E-state index contributed by atoms with van der Waals surface area (Å²) in [7, 11) is 0. The maximum Gasteiger partial charge on any atom is 0.0823 e. The summed E-state index contributed by atoms with van der Waals surface area (Å²) in [5.41, 5.74) is 0.890. The molecule has 0 aliphatic heterocycles. The van der Waals surface area contributed by atoms with Gasteiger partial charge in [-0.05, 0) is 19.1 Å². The third-order valence-corrected chi connectivity index (χ3v) is 2.14. The Bertz CT molecular complexity index is 248. The minimum atomic E-state index is 0.588. The lowest BCUT2D eigenvalue weighted by Gasteiger charge is -2.05. The summed E-state index contributed by atoms with van der Waals surface area (Å²) in [6, 6.07) is 5.54. The van der Waals surface area contributed by atoms with Gasteiger partial charge in [-0.1, -0.05) is 29.3 Å². The lowest BCUT2D eigenvalue weighted by Crippen LogP contribution is -1.96. The standard InChI is InChI=1S/C8H9Cl2N/c1-2-11-7-5-3-4-6(9)8(7)10/h3-5,11H,2H2,1H3. The van der Waals surface area contributed by atoms with Gasteiger partial charge in [0, 0.05) is 6.54 Å². The maximum absolute atomic E-state index is 5.88. The minimum absolute atomic E-state index is 0.588. The van der Waals surface area contributed by atoms with Crippen molar-refractivity contribution in [3.63, 3.8) is 0 Å². The maximum atomic E-state index is 5.88. The predicted molar refractivity (Wildman–Crippen MR) is 50.6 cm³/mol. The molecule has 1 nitrogen and oxygen atoms in total. The van der Waals surface area contributed by atoms with Crippen LogP contribution in [0.5, 0.6) is 0 Å². The summed E-state index contributed by atoms with van der Waals surface area (Å²) in [4.78, 5) is 0. The quantitative estimate of drug-likeness (QED) is 0.753. The highest BCUT2D eigenvalue weighted by molar-refractivity contribution is 6.43. The average molecular weight is 190 g/mol. The third-order valence-electron chi connectivity index (χ3n) is 1.32. The van der Waals surface area contributed by atoms with E-state index in [4.69, 9.17) is 23.2 Å². The molecule has 1 aromatic rings. The van der Waals surface area contributed by atoms with Crippen molar-refractivity contribution in [1.82, 2.24) is 0 Å². The zero-order valence-corrected chi connectivity index (χ0v) is 7.71. The van der Waals surface area contributed by atoms with E-state index in [0.717, 1.165) is 12.2 Å². The van der Waals surface area contributed by atoms with Crippen LogP contribution in [0, 0.1) is 0 Å². The lowest BCUT2D eigenvalue weighted by atomic mass is 10.3. The molecule has 3 heteroatoms. The molecule has 0 bridgehead atoms. The number of benzene rings is 1. The van der Waals surface area contributed by atoms with Gasteiger partial charge in [-0.25, -0.2) is 0 Å². The molecule has 0 saturated carbocycles. The highest BCUT2D eigenvalue weighted by Gasteiger charge is 2.01. The van der Waals surface area contributed by atoms with Crippen molar-refractivity contribution in [3.8, 4) is 0 Å². The first kappa shape index (κ1) is 8.69. The number of anilines is 1. The fourth-order valence-corrected chi connectivity index (χ4v) is 1.20. The topological polar surface area (TPSA) is 12.0 Å². The molecule has 11 heavy (non-hydrogen) atoms. The lowest BCUT2D eigenvalue weighted by molar-refractivity contribution is 1.21. The zero-order valence-electron chi connectivity index (χ0n) is 6.20. The number of rotatable bonds is 2. The van der Waals surface area contributed by atoms with E-state index in [-0.39, 0.29) is 0 Å². The van der Waals surface area contributed by atoms with E-state index >= 15 is 0 Å². The SMILES string of the molecule is CCNc1cccc(Cl)c1Cl. The number of halogens is 2. The molecule has 0 radical (unpaired) electrons. The van der Waals surface area contributed by atoms with Crippen molar-refractivity contribution in [3.05, 3.63) is 28.2 Å². The van der Waals surface area contributed by atoms with Crippen LogP contribution in [-0.2, 0) is 0 Å². The number of hydrogen-bond acceptors (Lipinski definition) is 1. The van der Waals surface area contributed by atoms with Crippen LogP contribution in [0.25, 0.3) is 0 Å². The van der Waals surface area contributed by atoms with Gasteiger partial charge in [0.1, 0.15) is 0 Å². The van der Waals surface area contributed by atoms with E-state index in [1.807, 2.05) is 19.1 Å². The Labute approximate surface area is 76.3 Å². The largest absolute Gasteiger partial charge is 0.384 e. The first-order chi connectivity index (χ1) is 5.25. The Kier molecular flexibility index (Phi) is 3.03. The highest BCUT2D eigenvalue weighted by Crippen LogP contribution is 2.29. The van der Waals surface area contributed by atoms with E-state index in [1.54, 1.807) is 6.07 Å². The molecular weight excluding hydrogens is 181 g/mol. The van der Waals surface area contributed by atoms with Crippen LogP contribution >= 0.6 is 23.2 Å². The third kappa shape index (κ3) is 2.01. The fourth-order valence-electron chi connectivity index (χ4n) is 0.831. The molecule has 1 aromatic carbocycles. The van der Waals surface area contributed by atoms with Crippen molar-refractivity contribution in [1.29, 1.82) is 0 Å². The average Bonchev–Trinajstić information content (AvgIpc) is 1.99. The fraction of sp³-hybridized carbons (Fsp3) is 0.250. The molecular formula is C8H9Cl2N. The molecule has 0 atom stereocenters. The monoisotopic (exact) mass is 189 g/mol. The van der Waals surface area contributed by atoms with E-state index < -0.39 is 0 Å². The van der Waals surface area contributed by atoms with Gasteiger partial charge in [-0.2, -0.15) is 0 Å². The van der Waals surface area contributed by atoms with E-state index in [0.29, 0.717) is 10.0 Å². The van der Waals surface area contributed by atoms with Crippen LogP contribution < -0.4 is 5.32 Å². The van der Waals surface area contributed by atoms with Crippen LogP contribution in [0.2, 0.25) is 10.0 Å². The van der Waals surface area contributed by atoms with Gasteiger partial charge < -0.3 is 5.32 Å². The normalized spacial score (nSPS) is 9.73. The summed E-state index contributed by atoms with van der Waals surface area (Å²) in [6.45, 7) is 2.86. The summed E-state index contributed by atoms with van der Waals surface area (Å²) in [5.74, 6) is 0. The van der Waals surface area contributed by atoms with Crippen molar-refractivity contribution in [2.24, 2.45) is 0 Å².